The van der Waals surface area contributed by atoms with E-state index in [4.69, 9.17) is 9.47 Å². The van der Waals surface area contributed by atoms with Crippen LogP contribution in [0.5, 0.6) is 11.5 Å². The van der Waals surface area contributed by atoms with Crippen molar-refractivity contribution in [2.45, 2.75) is 27.7 Å². The summed E-state index contributed by atoms with van der Waals surface area (Å²) in [6, 6.07) is 21.7. The molecule has 0 radical (unpaired) electrons. The molecule has 3 aromatic carbocycles. The highest BCUT2D eigenvalue weighted by Crippen LogP contribution is 2.54. The molecule has 0 N–H and O–H groups in total. The van der Waals surface area contributed by atoms with Crippen LogP contribution in [0, 0.1) is 39.3 Å². The van der Waals surface area contributed by atoms with Crippen LogP contribution in [0.15, 0.2) is 72.8 Å². The van der Waals surface area contributed by atoms with Gasteiger partial charge in [0.15, 0.2) is 0 Å². The predicted octanol–water partition coefficient (Wildman–Crippen LogP) is 9.32. The fourth-order valence-corrected chi connectivity index (χ4v) is 5.79. The van der Waals surface area contributed by atoms with Crippen molar-refractivity contribution < 1.29 is 18.3 Å². The largest absolute Gasteiger partial charge is 0.496 e. The van der Waals surface area contributed by atoms with Gasteiger partial charge in [0.2, 0.25) is 0 Å². The Morgan fingerprint density at radius 3 is 1.37 bits per heavy atom. The van der Waals surface area contributed by atoms with Gasteiger partial charge in [-0.25, -0.2) is 8.78 Å². The van der Waals surface area contributed by atoms with Crippen LogP contribution in [0.25, 0.3) is 44.5 Å². The number of hydrogen-bond donors (Lipinski definition) is 0. The van der Waals surface area contributed by atoms with Crippen LogP contribution in [-0.4, -0.2) is 14.2 Å². The van der Waals surface area contributed by atoms with E-state index in [0.717, 1.165) is 56.0 Å². The van der Waals surface area contributed by atoms with Gasteiger partial charge in [-0.3, -0.25) is 0 Å². The van der Waals surface area contributed by atoms with E-state index in [1.807, 2.05) is 70.2 Å². The summed E-state index contributed by atoms with van der Waals surface area (Å²) in [4.78, 5) is 0. The van der Waals surface area contributed by atoms with Gasteiger partial charge in [-0.15, -0.1) is 0 Å². The average Bonchev–Trinajstić information content (AvgIpc) is 3.10. The maximum atomic E-state index is 16.0. The van der Waals surface area contributed by atoms with Crippen molar-refractivity contribution >= 4 is 0 Å². The SMILES string of the molecule is COc1c(C)cc(-c2c3ccccc(F)c-3c(-c3cc(C)c(OC)c(C)c3)c2-c2ccccc2F)cc1C. The molecular weight excluding hydrogens is 478 g/mol. The predicted molar refractivity (Wildman–Crippen MR) is 151 cm³/mol. The molecule has 192 valence electrons. The molecule has 0 fully saturated rings. The van der Waals surface area contributed by atoms with Crippen LogP contribution in [0.2, 0.25) is 0 Å². The fourth-order valence-electron chi connectivity index (χ4n) is 5.79. The lowest BCUT2D eigenvalue weighted by molar-refractivity contribution is 0.408. The van der Waals surface area contributed by atoms with Crippen molar-refractivity contribution in [3.63, 3.8) is 0 Å². The molecule has 0 atom stereocenters. The van der Waals surface area contributed by atoms with Crippen molar-refractivity contribution in [1.29, 1.82) is 0 Å². The Kier molecular flexibility index (Phi) is 6.66. The number of hydrogen-bond acceptors (Lipinski definition) is 2. The second-order valence-corrected chi connectivity index (χ2v) is 9.75. The lowest BCUT2D eigenvalue weighted by atomic mass is 9.90. The number of aryl methyl sites for hydroxylation is 4. The van der Waals surface area contributed by atoms with Gasteiger partial charge in [0, 0.05) is 22.3 Å². The quantitative estimate of drug-likeness (QED) is 0.235. The minimum atomic E-state index is -0.364. The molecule has 2 nitrogen and oxygen atoms in total. The molecule has 5 rings (SSSR count). The average molecular weight is 509 g/mol. The molecule has 4 heteroatoms. The number of methoxy groups -OCH3 is 2. The molecule has 2 aliphatic rings. The highest BCUT2D eigenvalue weighted by molar-refractivity contribution is 6.11. The molecule has 0 aliphatic heterocycles. The Hall–Kier alpha value is -4.18. The Morgan fingerprint density at radius 1 is 0.474 bits per heavy atom. The summed E-state index contributed by atoms with van der Waals surface area (Å²) in [6.07, 6.45) is 0. The summed E-state index contributed by atoms with van der Waals surface area (Å²) < 4.78 is 42.8. The van der Waals surface area contributed by atoms with E-state index in [1.165, 1.54) is 12.1 Å². The maximum Gasteiger partial charge on any atom is 0.131 e. The Balaban J connectivity index is 2.01. The molecule has 0 saturated carbocycles. The van der Waals surface area contributed by atoms with Gasteiger partial charge >= 0.3 is 0 Å². The standard InChI is InChI=1S/C34H30F2O2/c1-19-15-23(16-20(2)33(19)37-5)29-26-12-8-10-14-28(36)31(26)30(32(29)25-11-7-9-13-27(25)35)24-17-21(3)34(38-6)22(4)18-24/h7-18H,1-6H3. The first kappa shape index (κ1) is 25.5. The van der Waals surface area contributed by atoms with E-state index in [1.54, 1.807) is 32.4 Å². The summed E-state index contributed by atoms with van der Waals surface area (Å²) in [5.74, 6) is 0.857. The van der Waals surface area contributed by atoms with E-state index >= 15 is 8.78 Å². The summed E-state index contributed by atoms with van der Waals surface area (Å²) in [6.45, 7) is 7.91. The molecule has 0 heterocycles. The van der Waals surface area contributed by atoms with Crippen LogP contribution in [0.1, 0.15) is 22.3 Å². The van der Waals surface area contributed by atoms with Crippen molar-refractivity contribution in [2.24, 2.45) is 0 Å². The van der Waals surface area contributed by atoms with E-state index in [-0.39, 0.29) is 11.6 Å². The molecule has 0 saturated heterocycles. The first-order valence-corrected chi connectivity index (χ1v) is 12.6. The Morgan fingerprint density at radius 2 is 0.895 bits per heavy atom. The van der Waals surface area contributed by atoms with Crippen LogP contribution >= 0.6 is 0 Å². The van der Waals surface area contributed by atoms with E-state index < -0.39 is 0 Å². The smallest absolute Gasteiger partial charge is 0.131 e. The van der Waals surface area contributed by atoms with Crippen molar-refractivity contribution in [3.8, 4) is 56.0 Å². The zero-order chi connectivity index (χ0) is 27.1. The summed E-state index contributed by atoms with van der Waals surface area (Å²) >= 11 is 0. The second-order valence-electron chi connectivity index (χ2n) is 9.75. The molecule has 38 heavy (non-hydrogen) atoms. The minimum Gasteiger partial charge on any atom is -0.496 e. The number of ether oxygens (including phenoxy) is 2. The van der Waals surface area contributed by atoms with Crippen molar-refractivity contribution in [1.82, 2.24) is 0 Å². The highest BCUT2D eigenvalue weighted by atomic mass is 19.1. The monoisotopic (exact) mass is 508 g/mol. The van der Waals surface area contributed by atoms with E-state index in [2.05, 4.69) is 0 Å². The van der Waals surface area contributed by atoms with Gasteiger partial charge in [-0.1, -0.05) is 36.4 Å². The molecule has 0 amide bonds. The van der Waals surface area contributed by atoms with Crippen LogP contribution < -0.4 is 9.47 Å². The van der Waals surface area contributed by atoms with Crippen LogP contribution in [-0.2, 0) is 0 Å². The van der Waals surface area contributed by atoms with Gasteiger partial charge < -0.3 is 9.47 Å². The van der Waals surface area contributed by atoms with E-state index in [0.29, 0.717) is 22.3 Å². The number of fused-ring (bicyclic) bond motifs is 1. The first-order valence-electron chi connectivity index (χ1n) is 12.6. The summed E-state index contributed by atoms with van der Waals surface area (Å²) in [5, 5.41) is 0. The minimum absolute atomic E-state index is 0.362. The van der Waals surface area contributed by atoms with Crippen molar-refractivity contribution in [3.05, 3.63) is 107 Å². The van der Waals surface area contributed by atoms with Crippen molar-refractivity contribution in [2.75, 3.05) is 14.2 Å². The summed E-state index contributed by atoms with van der Waals surface area (Å²) in [7, 11) is 3.29. The van der Waals surface area contributed by atoms with Crippen LogP contribution in [0.3, 0.4) is 0 Å². The number of halogens is 2. The molecule has 0 aromatic heterocycles. The van der Waals surface area contributed by atoms with Crippen LogP contribution in [0.4, 0.5) is 8.78 Å². The third kappa shape index (κ3) is 4.10. The van der Waals surface area contributed by atoms with E-state index in [9.17, 15) is 0 Å². The molecule has 2 aliphatic carbocycles. The Labute approximate surface area is 222 Å². The highest BCUT2D eigenvalue weighted by Gasteiger charge is 2.30. The molecule has 0 spiro atoms. The second kappa shape index (κ2) is 9.94. The topological polar surface area (TPSA) is 18.5 Å². The van der Waals surface area contributed by atoms with Gasteiger partial charge in [-0.05, 0) is 109 Å². The molecule has 0 unspecified atom stereocenters. The van der Waals surface area contributed by atoms with Gasteiger partial charge in [0.05, 0.1) is 14.2 Å². The normalized spacial score (nSPS) is 11.2. The number of rotatable bonds is 5. The van der Waals surface area contributed by atoms with Gasteiger partial charge in [0.25, 0.3) is 0 Å². The van der Waals surface area contributed by atoms with Gasteiger partial charge in [-0.2, -0.15) is 0 Å². The Bertz CT molecular complexity index is 1610. The lowest BCUT2D eigenvalue weighted by Gasteiger charge is -2.16. The molecule has 3 aromatic rings. The summed E-state index contributed by atoms with van der Waals surface area (Å²) in [5.41, 5.74) is 9.15. The third-order valence-corrected chi connectivity index (χ3v) is 7.19. The molecule has 0 bridgehead atoms. The fraction of sp³-hybridized carbons (Fsp3) is 0.176. The van der Waals surface area contributed by atoms with Gasteiger partial charge in [0.1, 0.15) is 23.1 Å². The lowest BCUT2D eigenvalue weighted by Crippen LogP contribution is -1.94. The third-order valence-electron chi connectivity index (χ3n) is 7.19. The maximum absolute atomic E-state index is 16.0. The zero-order valence-electron chi connectivity index (χ0n) is 22.5. The first-order chi connectivity index (χ1) is 18.3. The molecular formula is C34H30F2O2. The number of benzene rings is 3. The zero-order valence-corrected chi connectivity index (χ0v) is 22.5.